The number of amides is 2. The molecule has 35 heavy (non-hydrogen) atoms. The van der Waals surface area contributed by atoms with Crippen LogP contribution in [0.25, 0.3) is 0 Å². The first-order valence-electron chi connectivity index (χ1n) is 10.5. The fourth-order valence-corrected chi connectivity index (χ4v) is 4.40. The number of rotatable bonds is 8. The number of methoxy groups -OCH3 is 1. The number of benzene rings is 2. The van der Waals surface area contributed by atoms with Crippen LogP contribution in [0.15, 0.2) is 42.5 Å². The highest BCUT2D eigenvalue weighted by Crippen LogP contribution is 2.35. The summed E-state index contributed by atoms with van der Waals surface area (Å²) in [6.07, 6.45) is 0. The van der Waals surface area contributed by atoms with E-state index in [0.29, 0.717) is 29.2 Å². The molecule has 2 amide bonds. The lowest BCUT2D eigenvalue weighted by atomic mass is 10.1. The van der Waals surface area contributed by atoms with E-state index in [1.54, 1.807) is 38.1 Å². The fourth-order valence-electron chi connectivity index (χ4n) is 3.32. The van der Waals surface area contributed by atoms with E-state index in [2.05, 4.69) is 10.6 Å². The summed E-state index contributed by atoms with van der Waals surface area (Å²) >= 11 is 0.894. The smallest absolute Gasteiger partial charge is 0.341 e. The van der Waals surface area contributed by atoms with Crippen LogP contribution in [0.4, 0.5) is 16.4 Å². The lowest BCUT2D eigenvalue weighted by Crippen LogP contribution is -2.15. The van der Waals surface area contributed by atoms with E-state index in [1.807, 2.05) is 6.92 Å². The van der Waals surface area contributed by atoms with Gasteiger partial charge in [0.15, 0.2) is 0 Å². The number of esters is 1. The molecular formula is C24H23N3O7S. The van der Waals surface area contributed by atoms with Crippen molar-refractivity contribution < 1.29 is 28.8 Å². The molecule has 0 aliphatic carbocycles. The van der Waals surface area contributed by atoms with Crippen molar-refractivity contribution in [3.63, 3.8) is 0 Å². The Morgan fingerprint density at radius 1 is 1.06 bits per heavy atom. The van der Waals surface area contributed by atoms with Gasteiger partial charge in [-0.25, -0.2) is 4.79 Å². The van der Waals surface area contributed by atoms with Gasteiger partial charge in [-0.15, -0.1) is 11.3 Å². The predicted octanol–water partition coefficient (Wildman–Crippen LogP) is 4.96. The number of hydrogen-bond acceptors (Lipinski definition) is 8. The van der Waals surface area contributed by atoms with Gasteiger partial charge in [0.2, 0.25) is 0 Å². The third-order valence-electron chi connectivity index (χ3n) is 5.07. The number of nitro benzene ring substituents is 1. The summed E-state index contributed by atoms with van der Waals surface area (Å²) < 4.78 is 10.4. The predicted molar refractivity (Wildman–Crippen MR) is 132 cm³/mol. The first-order chi connectivity index (χ1) is 16.7. The van der Waals surface area contributed by atoms with Crippen LogP contribution >= 0.6 is 11.3 Å². The van der Waals surface area contributed by atoms with Gasteiger partial charge in [0, 0.05) is 17.2 Å². The van der Waals surface area contributed by atoms with Gasteiger partial charge in [0.05, 0.1) is 34.8 Å². The van der Waals surface area contributed by atoms with Gasteiger partial charge >= 0.3 is 5.97 Å². The molecule has 0 aliphatic heterocycles. The molecule has 0 fully saturated rings. The molecule has 10 nitrogen and oxygen atoms in total. The number of nitrogens with one attached hydrogen (secondary N) is 2. The highest BCUT2D eigenvalue weighted by Gasteiger charge is 2.27. The molecule has 0 bridgehead atoms. The van der Waals surface area contributed by atoms with E-state index in [1.165, 1.54) is 19.2 Å². The molecule has 3 rings (SSSR count). The second kappa shape index (κ2) is 10.8. The van der Waals surface area contributed by atoms with Gasteiger partial charge in [-0.05, 0) is 44.5 Å². The maximum atomic E-state index is 13.1. The first kappa shape index (κ1) is 25.4. The van der Waals surface area contributed by atoms with Crippen LogP contribution < -0.4 is 15.4 Å². The summed E-state index contributed by atoms with van der Waals surface area (Å²) in [7, 11) is 1.19. The second-order valence-corrected chi connectivity index (χ2v) is 8.37. The minimum atomic E-state index is -0.738. The van der Waals surface area contributed by atoms with Crippen LogP contribution in [0.2, 0.25) is 0 Å². The summed E-state index contributed by atoms with van der Waals surface area (Å²) in [6, 6.07) is 11.0. The number of ether oxygens (including phenoxy) is 2. The topological polar surface area (TPSA) is 137 Å². The molecule has 0 saturated carbocycles. The van der Waals surface area contributed by atoms with E-state index in [0.717, 1.165) is 17.4 Å². The molecule has 1 heterocycles. The number of thiophene rings is 1. The normalized spacial score (nSPS) is 10.4. The Bertz CT molecular complexity index is 1320. The van der Waals surface area contributed by atoms with E-state index in [-0.39, 0.29) is 26.7 Å². The van der Waals surface area contributed by atoms with Crippen molar-refractivity contribution in [2.75, 3.05) is 24.4 Å². The molecule has 0 atom stereocenters. The molecule has 0 saturated heterocycles. The number of carbonyl (C=O) groups excluding carboxylic acids is 3. The van der Waals surface area contributed by atoms with Crippen LogP contribution in [0, 0.1) is 24.0 Å². The quantitative estimate of drug-likeness (QED) is 0.255. The number of para-hydroxylation sites is 2. The van der Waals surface area contributed by atoms with Gasteiger partial charge in [0.25, 0.3) is 17.5 Å². The summed E-state index contributed by atoms with van der Waals surface area (Å²) in [5, 5.41) is 16.7. The van der Waals surface area contributed by atoms with Gasteiger partial charge < -0.3 is 20.1 Å². The molecule has 3 aromatic rings. The molecule has 1 aromatic heterocycles. The zero-order chi connectivity index (χ0) is 25.7. The van der Waals surface area contributed by atoms with E-state index in [4.69, 9.17) is 9.47 Å². The average molecular weight is 498 g/mol. The Kier molecular flexibility index (Phi) is 7.82. The molecule has 0 unspecified atom stereocenters. The van der Waals surface area contributed by atoms with E-state index in [9.17, 15) is 24.5 Å². The Hall–Kier alpha value is -4.25. The monoisotopic (exact) mass is 497 g/mol. The molecule has 11 heteroatoms. The van der Waals surface area contributed by atoms with Crippen molar-refractivity contribution in [1.82, 2.24) is 0 Å². The number of nitrogens with zero attached hydrogens (tertiary/aromatic N) is 1. The lowest BCUT2D eigenvalue weighted by molar-refractivity contribution is -0.385. The van der Waals surface area contributed by atoms with Crippen molar-refractivity contribution in [3.05, 3.63) is 79.7 Å². The van der Waals surface area contributed by atoms with Crippen LogP contribution in [0.3, 0.4) is 0 Å². The number of nitro groups is 1. The minimum absolute atomic E-state index is 0.0238. The molecule has 2 aromatic carbocycles. The maximum Gasteiger partial charge on any atom is 0.341 e. The minimum Gasteiger partial charge on any atom is -0.492 e. The molecule has 182 valence electrons. The Morgan fingerprint density at radius 3 is 2.43 bits per heavy atom. The molecule has 0 aliphatic rings. The van der Waals surface area contributed by atoms with Crippen molar-refractivity contribution in [3.8, 4) is 5.75 Å². The molecular weight excluding hydrogens is 474 g/mol. The van der Waals surface area contributed by atoms with Crippen molar-refractivity contribution >= 4 is 45.5 Å². The second-order valence-electron chi connectivity index (χ2n) is 7.35. The van der Waals surface area contributed by atoms with Crippen LogP contribution in [-0.2, 0) is 4.74 Å². The summed E-state index contributed by atoms with van der Waals surface area (Å²) in [5.74, 6) is -1.43. The van der Waals surface area contributed by atoms with Crippen LogP contribution in [0.1, 0.15) is 48.4 Å². The van der Waals surface area contributed by atoms with Gasteiger partial charge in [-0.2, -0.15) is 0 Å². The van der Waals surface area contributed by atoms with Crippen molar-refractivity contribution in [1.29, 1.82) is 0 Å². The number of aryl methyl sites for hydroxylation is 1. The highest BCUT2D eigenvalue weighted by molar-refractivity contribution is 7.19. The third-order valence-corrected chi connectivity index (χ3v) is 6.28. The van der Waals surface area contributed by atoms with E-state index < -0.39 is 22.7 Å². The molecule has 0 spiro atoms. The molecule has 2 N–H and O–H groups in total. The fraction of sp³-hybridized carbons (Fsp3) is 0.208. The van der Waals surface area contributed by atoms with Crippen LogP contribution in [-0.4, -0.2) is 36.4 Å². The SMILES string of the molecule is CCOc1ccccc1NC(=O)c1sc(NC(=O)c2ccc(C)c([N+](=O)[O-])c2)c(C(=O)OC)c1C. The first-order valence-corrected chi connectivity index (χ1v) is 11.3. The van der Waals surface area contributed by atoms with Gasteiger partial charge in [-0.1, -0.05) is 18.2 Å². The third kappa shape index (κ3) is 5.46. The zero-order valence-electron chi connectivity index (χ0n) is 19.5. The molecule has 0 radical (unpaired) electrons. The number of carbonyl (C=O) groups is 3. The number of anilines is 2. The van der Waals surface area contributed by atoms with Gasteiger partial charge in [-0.3, -0.25) is 19.7 Å². The summed E-state index contributed by atoms with van der Waals surface area (Å²) in [5.41, 5.74) is 1.01. The largest absolute Gasteiger partial charge is 0.492 e. The van der Waals surface area contributed by atoms with E-state index >= 15 is 0 Å². The Morgan fingerprint density at radius 2 is 1.77 bits per heavy atom. The lowest BCUT2D eigenvalue weighted by Gasteiger charge is -2.11. The van der Waals surface area contributed by atoms with Crippen molar-refractivity contribution in [2.24, 2.45) is 0 Å². The summed E-state index contributed by atoms with van der Waals surface area (Å²) in [6.45, 7) is 5.36. The maximum absolute atomic E-state index is 13.1. The average Bonchev–Trinajstić information content (AvgIpc) is 3.15. The standard InChI is InChI=1S/C24H23N3O7S/c1-5-34-18-9-7-6-8-16(18)25-22(29)20-14(3)19(24(30)33-4)23(35-20)26-21(28)15-11-10-13(2)17(12-15)27(31)32/h6-12H,5H2,1-4H3,(H,25,29)(H,26,28). The van der Waals surface area contributed by atoms with Crippen molar-refractivity contribution in [2.45, 2.75) is 20.8 Å². The number of hydrogen-bond donors (Lipinski definition) is 2. The zero-order valence-corrected chi connectivity index (χ0v) is 20.3. The highest BCUT2D eigenvalue weighted by atomic mass is 32.1. The van der Waals surface area contributed by atoms with Gasteiger partial charge in [0.1, 0.15) is 10.8 Å². The Balaban J connectivity index is 1.96. The summed E-state index contributed by atoms with van der Waals surface area (Å²) in [4.78, 5) is 49.3. The van der Waals surface area contributed by atoms with Crippen LogP contribution in [0.5, 0.6) is 5.75 Å². The Labute approximate surface area is 205 Å².